The zero-order valence-electron chi connectivity index (χ0n) is 5.46. The zero-order chi connectivity index (χ0) is 6.69. The van der Waals surface area contributed by atoms with Crippen molar-refractivity contribution in [2.24, 2.45) is 0 Å². The molecule has 0 spiro atoms. The van der Waals surface area contributed by atoms with E-state index in [0.29, 0.717) is 0 Å². The maximum atomic E-state index is 4.21. The molecule has 0 aliphatic carbocycles. The van der Waals surface area contributed by atoms with Crippen molar-refractivity contribution >= 4 is 25.4 Å². The second-order valence-electron chi connectivity index (χ2n) is 2.02. The van der Waals surface area contributed by atoms with Gasteiger partial charge in [-0.1, -0.05) is 30.5 Å². The molecule has 0 fully saturated rings. The molecule has 46 valence electrons. The van der Waals surface area contributed by atoms with E-state index < -0.39 is 0 Å². The smallest absolute Gasteiger partial charge is 0.143 e. The lowest BCUT2D eigenvalue weighted by Crippen LogP contribution is -2.08. The molecule has 0 N–H and O–H groups in total. The van der Waals surface area contributed by atoms with Crippen LogP contribution in [0.15, 0.2) is 29.2 Å². The lowest BCUT2D eigenvalue weighted by Gasteiger charge is -1.93. The van der Waals surface area contributed by atoms with E-state index in [2.05, 4.69) is 31.6 Å². The van der Waals surface area contributed by atoms with Gasteiger partial charge in [0.2, 0.25) is 0 Å². The summed E-state index contributed by atoms with van der Waals surface area (Å²) in [5, 5.41) is 0. The maximum absolute atomic E-state index is 4.21. The van der Waals surface area contributed by atoms with Gasteiger partial charge >= 0.3 is 0 Å². The van der Waals surface area contributed by atoms with Crippen LogP contribution in [0.3, 0.4) is 0 Å². The van der Waals surface area contributed by atoms with Crippen LogP contribution < -0.4 is 5.46 Å². The summed E-state index contributed by atoms with van der Waals surface area (Å²) in [5.41, 5.74) is 1.35. The summed E-state index contributed by atoms with van der Waals surface area (Å²) in [6.45, 7) is 2.14. The van der Waals surface area contributed by atoms with Crippen molar-refractivity contribution in [1.82, 2.24) is 0 Å². The molecule has 0 saturated heterocycles. The lowest BCUT2D eigenvalue weighted by molar-refractivity contribution is 1.51. The van der Waals surface area contributed by atoms with Crippen LogP contribution >= 0.6 is 12.6 Å². The van der Waals surface area contributed by atoms with Crippen LogP contribution in [0.2, 0.25) is 6.82 Å². The van der Waals surface area contributed by atoms with Gasteiger partial charge in [-0.15, -0.1) is 12.6 Å². The van der Waals surface area contributed by atoms with Crippen molar-refractivity contribution in [2.75, 3.05) is 0 Å². The molecule has 0 radical (unpaired) electrons. The first kappa shape index (κ1) is 6.75. The average Bonchev–Trinajstić information content (AvgIpc) is 1.88. The van der Waals surface area contributed by atoms with E-state index in [0.717, 1.165) is 12.2 Å². The Morgan fingerprint density at radius 1 is 1.44 bits per heavy atom. The Labute approximate surface area is 61.9 Å². The van der Waals surface area contributed by atoms with E-state index in [1.54, 1.807) is 0 Å². The van der Waals surface area contributed by atoms with Crippen LogP contribution in [0, 0.1) is 0 Å². The first-order chi connectivity index (χ1) is 4.33. The molecule has 0 aliphatic heterocycles. The van der Waals surface area contributed by atoms with Crippen molar-refractivity contribution in [3.8, 4) is 0 Å². The summed E-state index contributed by atoms with van der Waals surface area (Å²) in [6, 6.07) is 8.21. The molecule has 1 aromatic carbocycles. The number of hydrogen-bond donors (Lipinski definition) is 1. The highest BCUT2D eigenvalue weighted by Gasteiger charge is 1.88. The SMILES string of the molecule is CBc1cccc(S)c1. The van der Waals surface area contributed by atoms with Gasteiger partial charge in [-0.3, -0.25) is 0 Å². The number of rotatable bonds is 1. The van der Waals surface area contributed by atoms with Crippen molar-refractivity contribution in [2.45, 2.75) is 11.7 Å². The van der Waals surface area contributed by atoms with Gasteiger partial charge in [0.15, 0.2) is 7.28 Å². The fourth-order valence-corrected chi connectivity index (χ4v) is 1.03. The Bertz CT molecular complexity index is 198. The lowest BCUT2D eigenvalue weighted by atomic mass is 9.74. The fourth-order valence-electron chi connectivity index (χ4n) is 0.776. The van der Waals surface area contributed by atoms with Crippen molar-refractivity contribution in [3.05, 3.63) is 24.3 Å². The number of hydrogen-bond acceptors (Lipinski definition) is 1. The normalized spacial score (nSPS) is 9.11. The van der Waals surface area contributed by atoms with E-state index in [-0.39, 0.29) is 0 Å². The predicted molar refractivity (Wildman–Crippen MR) is 46.3 cm³/mol. The molecule has 1 aromatic rings. The third-order valence-electron chi connectivity index (χ3n) is 1.32. The quantitative estimate of drug-likeness (QED) is 0.433. The van der Waals surface area contributed by atoms with Gasteiger partial charge in [0.05, 0.1) is 0 Å². The van der Waals surface area contributed by atoms with Crippen LogP contribution in [-0.2, 0) is 0 Å². The van der Waals surface area contributed by atoms with Gasteiger partial charge in [0.1, 0.15) is 0 Å². The minimum atomic E-state index is 1.05. The molecular formula is C7H9BS. The Kier molecular flexibility index (Phi) is 2.23. The van der Waals surface area contributed by atoms with E-state index in [1.165, 1.54) is 5.46 Å². The van der Waals surface area contributed by atoms with Gasteiger partial charge in [0, 0.05) is 4.90 Å². The Balaban J connectivity index is 2.94. The summed E-state index contributed by atoms with van der Waals surface area (Å²) in [6.07, 6.45) is 0. The number of benzene rings is 1. The topological polar surface area (TPSA) is 0 Å². The predicted octanol–water partition coefficient (Wildman–Crippen LogP) is 1.09. The van der Waals surface area contributed by atoms with Gasteiger partial charge < -0.3 is 0 Å². The molecule has 0 amide bonds. The van der Waals surface area contributed by atoms with Crippen molar-refractivity contribution < 1.29 is 0 Å². The maximum Gasteiger partial charge on any atom is 0.154 e. The number of thiol groups is 1. The summed E-state index contributed by atoms with van der Waals surface area (Å²) in [7, 11) is 1.09. The van der Waals surface area contributed by atoms with Crippen LogP contribution in [0.5, 0.6) is 0 Å². The molecule has 0 atom stereocenters. The summed E-state index contributed by atoms with van der Waals surface area (Å²) < 4.78 is 0. The summed E-state index contributed by atoms with van der Waals surface area (Å²) in [4.78, 5) is 1.05. The first-order valence-electron chi connectivity index (χ1n) is 3.11. The first-order valence-corrected chi connectivity index (χ1v) is 3.55. The van der Waals surface area contributed by atoms with E-state index in [4.69, 9.17) is 0 Å². The third-order valence-corrected chi connectivity index (χ3v) is 1.60. The molecule has 0 nitrogen and oxygen atoms in total. The van der Waals surface area contributed by atoms with Crippen LogP contribution in [0.4, 0.5) is 0 Å². The Morgan fingerprint density at radius 2 is 2.22 bits per heavy atom. The van der Waals surface area contributed by atoms with Crippen molar-refractivity contribution in [3.63, 3.8) is 0 Å². The standard InChI is InChI=1S/C7H9BS/c1-8-6-3-2-4-7(9)5-6/h2-5,8-9H,1H3. The second kappa shape index (κ2) is 2.97. The molecular weight excluding hydrogens is 127 g/mol. The highest BCUT2D eigenvalue weighted by Crippen LogP contribution is 1.99. The van der Waals surface area contributed by atoms with Crippen LogP contribution in [0.1, 0.15) is 0 Å². The van der Waals surface area contributed by atoms with E-state index in [9.17, 15) is 0 Å². The van der Waals surface area contributed by atoms with E-state index >= 15 is 0 Å². The summed E-state index contributed by atoms with van der Waals surface area (Å²) in [5.74, 6) is 0. The average molecular weight is 136 g/mol. The fraction of sp³-hybridized carbons (Fsp3) is 0.143. The van der Waals surface area contributed by atoms with Crippen LogP contribution in [-0.4, -0.2) is 7.28 Å². The Morgan fingerprint density at radius 3 is 2.67 bits per heavy atom. The van der Waals surface area contributed by atoms with Gasteiger partial charge in [-0.05, 0) is 6.07 Å². The monoisotopic (exact) mass is 136 g/mol. The second-order valence-corrected chi connectivity index (χ2v) is 2.54. The molecule has 0 bridgehead atoms. The van der Waals surface area contributed by atoms with E-state index in [1.807, 2.05) is 12.1 Å². The third kappa shape index (κ3) is 1.79. The largest absolute Gasteiger partial charge is 0.154 e. The molecule has 0 unspecified atom stereocenters. The molecule has 2 heteroatoms. The molecule has 9 heavy (non-hydrogen) atoms. The van der Waals surface area contributed by atoms with Gasteiger partial charge in [-0.2, -0.15) is 0 Å². The Hall–Kier alpha value is -0.365. The highest BCUT2D eigenvalue weighted by atomic mass is 32.1. The highest BCUT2D eigenvalue weighted by molar-refractivity contribution is 7.80. The molecule has 0 saturated carbocycles. The molecule has 0 aliphatic rings. The van der Waals surface area contributed by atoms with Crippen LogP contribution in [0.25, 0.3) is 0 Å². The summed E-state index contributed by atoms with van der Waals surface area (Å²) >= 11 is 4.21. The molecule has 1 rings (SSSR count). The van der Waals surface area contributed by atoms with Crippen molar-refractivity contribution in [1.29, 1.82) is 0 Å². The van der Waals surface area contributed by atoms with Gasteiger partial charge in [-0.25, -0.2) is 0 Å². The minimum absolute atomic E-state index is 1.05. The zero-order valence-corrected chi connectivity index (χ0v) is 6.36. The molecule has 0 aromatic heterocycles. The molecule has 0 heterocycles. The van der Waals surface area contributed by atoms with Gasteiger partial charge in [0.25, 0.3) is 0 Å². The minimum Gasteiger partial charge on any atom is -0.143 e.